The predicted octanol–water partition coefficient (Wildman–Crippen LogP) is 8.25. The molecule has 0 amide bonds. The van der Waals surface area contributed by atoms with Gasteiger partial charge in [-0.1, -0.05) is 124 Å². The molecule has 0 radical (unpaired) electrons. The molecule has 1 rings (SSSR count). The van der Waals surface area contributed by atoms with Crippen LogP contribution in [-0.4, -0.2) is 51.1 Å². The third-order valence-corrected chi connectivity index (χ3v) is 8.63. The van der Waals surface area contributed by atoms with Crippen LogP contribution >= 0.6 is 17.2 Å². The van der Waals surface area contributed by atoms with E-state index in [1.54, 1.807) is 0 Å². The zero-order valence-corrected chi connectivity index (χ0v) is 30.1. The maximum Gasteiger partial charge on any atom is 0.327 e. The van der Waals surface area contributed by atoms with Crippen LogP contribution in [0, 0.1) is 18.3 Å². The van der Waals surface area contributed by atoms with Crippen LogP contribution in [0.2, 0.25) is 0 Å². The van der Waals surface area contributed by atoms with Crippen molar-refractivity contribution in [2.75, 3.05) is 26.4 Å². The lowest BCUT2D eigenvalue weighted by Crippen LogP contribution is -2.40. The van der Waals surface area contributed by atoms with E-state index in [1.165, 1.54) is 55.2 Å². The fourth-order valence-corrected chi connectivity index (χ4v) is 6.17. The van der Waals surface area contributed by atoms with Crippen molar-refractivity contribution in [3.63, 3.8) is 0 Å². The molecule has 1 aromatic carbocycles. The van der Waals surface area contributed by atoms with Gasteiger partial charge in [0, 0.05) is 0 Å². The second kappa shape index (κ2) is 19.4. The standard InChI is InChI=1S/C33H62O8P2/c1-25(2)17-15-13-11-10-12-14-16-18-29(39-22-33(21-34,23-40-42(35)36)24-41-43(37)38)30-27(31(4,5)6)19-26(3)20-28(30)32(7,8)9/h19-20,25,29,34-38H,10-18,21-24H2,1-9H3. The number of hydrogen-bond donors (Lipinski definition) is 5. The van der Waals surface area contributed by atoms with Gasteiger partial charge >= 0.3 is 17.2 Å². The van der Waals surface area contributed by atoms with Crippen molar-refractivity contribution in [2.45, 2.75) is 137 Å². The first-order valence-electron chi connectivity index (χ1n) is 15.9. The highest BCUT2D eigenvalue weighted by atomic mass is 31.2. The first kappa shape index (κ1) is 40.8. The normalized spacial score (nSPS) is 14.0. The highest BCUT2D eigenvalue weighted by Crippen LogP contribution is 2.43. The van der Waals surface area contributed by atoms with E-state index in [1.807, 2.05) is 0 Å². The smallest absolute Gasteiger partial charge is 0.327 e. The number of hydrogen-bond acceptors (Lipinski definition) is 8. The van der Waals surface area contributed by atoms with E-state index in [9.17, 15) is 24.7 Å². The van der Waals surface area contributed by atoms with Gasteiger partial charge in [-0.15, -0.1) is 0 Å². The van der Waals surface area contributed by atoms with Gasteiger partial charge in [0.25, 0.3) is 0 Å². The van der Waals surface area contributed by atoms with Gasteiger partial charge in [0.15, 0.2) is 0 Å². The molecule has 252 valence electrons. The van der Waals surface area contributed by atoms with Crippen molar-refractivity contribution in [3.8, 4) is 0 Å². The van der Waals surface area contributed by atoms with Crippen molar-refractivity contribution in [1.29, 1.82) is 0 Å². The molecule has 10 heteroatoms. The number of aryl methyl sites for hydroxylation is 1. The predicted molar refractivity (Wildman–Crippen MR) is 178 cm³/mol. The fraction of sp³-hybridized carbons (Fsp3) is 0.818. The van der Waals surface area contributed by atoms with Crippen molar-refractivity contribution >= 4 is 17.2 Å². The molecule has 43 heavy (non-hydrogen) atoms. The molecular weight excluding hydrogens is 586 g/mol. The molecule has 0 aliphatic carbocycles. The van der Waals surface area contributed by atoms with Crippen molar-refractivity contribution in [2.24, 2.45) is 11.3 Å². The summed E-state index contributed by atoms with van der Waals surface area (Å²) in [6.07, 6.45) is 10.1. The summed E-state index contributed by atoms with van der Waals surface area (Å²) >= 11 is 0. The van der Waals surface area contributed by atoms with Gasteiger partial charge in [0.1, 0.15) is 0 Å². The topological polar surface area (TPSA) is 129 Å². The minimum absolute atomic E-state index is 0.0304. The van der Waals surface area contributed by atoms with E-state index in [2.05, 4.69) is 74.4 Å². The molecule has 0 aliphatic rings. The second-order valence-corrected chi connectivity index (χ2v) is 16.3. The van der Waals surface area contributed by atoms with Crippen LogP contribution in [-0.2, 0) is 24.6 Å². The third-order valence-electron chi connectivity index (χ3n) is 7.91. The van der Waals surface area contributed by atoms with Crippen LogP contribution in [0.25, 0.3) is 0 Å². The minimum Gasteiger partial charge on any atom is -0.396 e. The van der Waals surface area contributed by atoms with E-state index in [-0.39, 0.29) is 36.8 Å². The summed E-state index contributed by atoms with van der Waals surface area (Å²) in [5.41, 5.74) is 3.28. The SMILES string of the molecule is Cc1cc(C(C)(C)C)c(C(CCCCCCCCCC(C)C)OCC(CO)(COP(O)O)COP(O)O)c(C(C)(C)C)c1. The summed E-state index contributed by atoms with van der Waals surface area (Å²) in [5, 5.41) is 10.4. The number of benzene rings is 1. The summed E-state index contributed by atoms with van der Waals surface area (Å²) in [6.45, 7) is 18.9. The molecule has 5 N–H and O–H groups in total. The molecule has 0 bridgehead atoms. The van der Waals surface area contributed by atoms with Gasteiger partial charge in [0.2, 0.25) is 0 Å². The molecule has 1 atom stereocenters. The van der Waals surface area contributed by atoms with Crippen molar-refractivity contribution in [3.05, 3.63) is 34.4 Å². The number of rotatable bonds is 21. The number of aliphatic hydroxyl groups excluding tert-OH is 1. The molecule has 0 spiro atoms. The lowest BCUT2D eigenvalue weighted by Gasteiger charge is -2.37. The molecule has 1 aromatic rings. The lowest BCUT2D eigenvalue weighted by molar-refractivity contribution is -0.0770. The molecule has 0 saturated carbocycles. The van der Waals surface area contributed by atoms with E-state index in [4.69, 9.17) is 13.8 Å². The highest BCUT2D eigenvalue weighted by Gasteiger charge is 2.37. The van der Waals surface area contributed by atoms with Crippen LogP contribution in [0.4, 0.5) is 0 Å². The molecule has 0 fully saturated rings. The van der Waals surface area contributed by atoms with Crippen molar-refractivity contribution in [1.82, 2.24) is 0 Å². The van der Waals surface area contributed by atoms with Crippen LogP contribution in [0.15, 0.2) is 12.1 Å². The summed E-state index contributed by atoms with van der Waals surface area (Å²) in [5.74, 6) is 0.765. The van der Waals surface area contributed by atoms with Gasteiger partial charge < -0.3 is 38.5 Å². The van der Waals surface area contributed by atoms with Gasteiger partial charge in [-0.2, -0.15) is 0 Å². The van der Waals surface area contributed by atoms with E-state index in [0.717, 1.165) is 30.7 Å². The monoisotopic (exact) mass is 648 g/mol. The van der Waals surface area contributed by atoms with Crippen LogP contribution in [0.5, 0.6) is 0 Å². The molecule has 0 saturated heterocycles. The molecule has 1 unspecified atom stereocenters. The Labute approximate surface area is 264 Å². The van der Waals surface area contributed by atoms with Crippen LogP contribution in [0.3, 0.4) is 0 Å². The summed E-state index contributed by atoms with van der Waals surface area (Å²) in [4.78, 5) is 37.7. The molecule has 0 aromatic heterocycles. The average Bonchev–Trinajstić information content (AvgIpc) is 2.89. The first-order valence-corrected chi connectivity index (χ1v) is 18.2. The van der Waals surface area contributed by atoms with Gasteiger partial charge in [-0.05, 0) is 46.8 Å². The van der Waals surface area contributed by atoms with Crippen LogP contribution in [0.1, 0.15) is 142 Å². The Hall–Kier alpha value is -0.240. The molecular formula is C33H62O8P2. The quantitative estimate of drug-likeness (QED) is 0.0666. The highest BCUT2D eigenvalue weighted by molar-refractivity contribution is 7.39. The van der Waals surface area contributed by atoms with E-state index in [0.29, 0.717) is 0 Å². The number of ether oxygens (including phenoxy) is 1. The minimum atomic E-state index is -2.68. The molecule has 8 nitrogen and oxygen atoms in total. The Morgan fingerprint density at radius 3 is 1.47 bits per heavy atom. The fourth-order valence-electron chi connectivity index (χ4n) is 5.39. The van der Waals surface area contributed by atoms with Gasteiger partial charge in [-0.25, -0.2) is 0 Å². The average molecular weight is 649 g/mol. The maximum absolute atomic E-state index is 10.4. The molecule has 0 aliphatic heterocycles. The summed E-state index contributed by atoms with van der Waals surface area (Å²) < 4.78 is 16.9. The zero-order chi connectivity index (χ0) is 32.8. The Kier molecular flexibility index (Phi) is 18.4. The zero-order valence-electron chi connectivity index (χ0n) is 28.4. The Bertz CT molecular complexity index is 862. The maximum atomic E-state index is 10.4. The second-order valence-electron chi connectivity index (χ2n) is 14.7. The Morgan fingerprint density at radius 2 is 1.09 bits per heavy atom. The lowest BCUT2D eigenvalue weighted by atomic mass is 9.73. The first-order chi connectivity index (χ1) is 19.9. The summed E-state index contributed by atoms with van der Waals surface area (Å²) in [6, 6.07) is 4.50. The van der Waals surface area contributed by atoms with E-state index >= 15 is 0 Å². The number of unbranched alkanes of at least 4 members (excludes halogenated alkanes) is 6. The third kappa shape index (κ3) is 15.7. The number of aliphatic hydroxyl groups is 1. The largest absolute Gasteiger partial charge is 0.396 e. The molecule has 0 heterocycles. The van der Waals surface area contributed by atoms with E-state index < -0.39 is 29.2 Å². The van der Waals surface area contributed by atoms with Gasteiger partial charge in [-0.3, -0.25) is 0 Å². The summed E-state index contributed by atoms with van der Waals surface area (Å²) in [7, 11) is -5.35. The Balaban J connectivity index is 3.33. The van der Waals surface area contributed by atoms with Gasteiger partial charge in [0.05, 0.1) is 37.9 Å². The Morgan fingerprint density at radius 1 is 0.674 bits per heavy atom. The van der Waals surface area contributed by atoms with Crippen LogP contribution < -0.4 is 0 Å². The van der Waals surface area contributed by atoms with Crippen molar-refractivity contribution < 1.29 is 38.5 Å².